The van der Waals surface area contributed by atoms with Gasteiger partial charge in [0.25, 0.3) is 0 Å². The van der Waals surface area contributed by atoms with Crippen LogP contribution in [0.5, 0.6) is 11.5 Å². The number of rotatable bonds is 14. The zero-order valence-corrected chi connectivity index (χ0v) is 23.4. The van der Waals surface area contributed by atoms with Crippen molar-refractivity contribution in [2.75, 3.05) is 0 Å². The highest BCUT2D eigenvalue weighted by Crippen LogP contribution is 2.26. The highest BCUT2D eigenvalue weighted by atomic mass is 28.4. The highest BCUT2D eigenvalue weighted by Gasteiger charge is 2.32. The maximum Gasteiger partial charge on any atom is 0.344 e. The molecule has 0 unspecified atom stereocenters. The third-order valence-corrected chi connectivity index (χ3v) is 13.1. The smallest absolute Gasteiger partial charge is 0.344 e. The van der Waals surface area contributed by atoms with Gasteiger partial charge in [0.2, 0.25) is 0 Å². The van der Waals surface area contributed by atoms with Gasteiger partial charge in [0.15, 0.2) is 16.6 Å². The van der Waals surface area contributed by atoms with Crippen molar-refractivity contribution >= 4 is 16.6 Å². The van der Waals surface area contributed by atoms with E-state index < -0.39 is 40.8 Å². The van der Waals surface area contributed by atoms with Crippen LogP contribution in [0, 0.1) is 0 Å². The molecular weight excluding hydrogens is 566 g/mol. The molecule has 0 spiro atoms. The van der Waals surface area contributed by atoms with Gasteiger partial charge in [0.05, 0.1) is 0 Å². The summed E-state index contributed by atoms with van der Waals surface area (Å²) in [6.07, 6.45) is -1.59. The molecule has 0 aromatic heterocycles. The summed E-state index contributed by atoms with van der Waals surface area (Å²) < 4.78 is 89.9. The van der Waals surface area contributed by atoms with Gasteiger partial charge in [0.1, 0.15) is 11.5 Å². The Morgan fingerprint density at radius 3 is 1.12 bits per heavy atom. The lowest BCUT2D eigenvalue weighted by Gasteiger charge is -2.34. The molecule has 0 atom stereocenters. The van der Waals surface area contributed by atoms with Crippen molar-refractivity contribution in [2.24, 2.45) is 0 Å². The van der Waals surface area contributed by atoms with E-state index in [-0.39, 0.29) is 33.8 Å². The number of aryl methyl sites for hydroxylation is 2. The maximum atomic E-state index is 12.9. The number of ether oxygens (including phenoxy) is 2. The normalized spacial score (nSPS) is 10.8. The lowest BCUT2D eigenvalue weighted by Crippen LogP contribution is -2.44. The second-order valence-electron chi connectivity index (χ2n) is 9.89. The van der Waals surface area contributed by atoms with Crippen molar-refractivity contribution in [3.05, 3.63) is 83.8 Å². The van der Waals surface area contributed by atoms with E-state index in [1.165, 1.54) is 24.3 Å². The van der Waals surface area contributed by atoms with Crippen LogP contribution in [0.15, 0.2) is 72.7 Å². The Bertz CT molecular complexity index is 979. The molecule has 2 aromatic rings. The Morgan fingerprint density at radius 1 is 0.550 bits per heavy atom. The number of hydrogen-bond acceptors (Lipinski definition) is 3. The zero-order valence-electron chi connectivity index (χ0n) is 21.4. The topological polar surface area (TPSA) is 27.7 Å². The summed E-state index contributed by atoms with van der Waals surface area (Å²) in [5.41, 5.74) is 2.01. The molecule has 11 heteroatoms. The molecule has 0 bridgehead atoms. The first kappa shape index (κ1) is 39.6. The van der Waals surface area contributed by atoms with Gasteiger partial charge in [-0.3, -0.25) is 0 Å². The minimum Gasteiger partial charge on any atom is -0.455 e. The summed E-state index contributed by atoms with van der Waals surface area (Å²) in [7, 11) is -3.84. The highest BCUT2D eigenvalue weighted by molar-refractivity contribution is 6.84. The first-order valence-corrected chi connectivity index (χ1v) is 18.1. The summed E-state index contributed by atoms with van der Waals surface area (Å²) in [5, 5.41) is 0. The van der Waals surface area contributed by atoms with E-state index >= 15 is 0 Å². The summed E-state index contributed by atoms with van der Waals surface area (Å²) in [4.78, 5) is 0. The summed E-state index contributed by atoms with van der Waals surface area (Å²) in [6.45, 7) is 8.80. The van der Waals surface area contributed by atoms with E-state index in [0.717, 1.165) is 48.9 Å². The monoisotopic (exact) mass is 610 g/mol. The predicted octanol–water partition coefficient (Wildman–Crippen LogP) is 11.4. The van der Waals surface area contributed by atoms with E-state index in [0.29, 0.717) is 0 Å². The van der Waals surface area contributed by atoms with Crippen molar-refractivity contribution in [1.82, 2.24) is 0 Å². The fourth-order valence-electron chi connectivity index (χ4n) is 4.02. The summed E-state index contributed by atoms with van der Waals surface area (Å²) >= 11 is 0. The molecule has 0 aliphatic heterocycles. The number of benzene rings is 2. The van der Waals surface area contributed by atoms with E-state index in [1.807, 2.05) is 0 Å². The molecule has 40 heavy (non-hydrogen) atoms. The predicted molar refractivity (Wildman–Crippen MR) is 157 cm³/mol. The SMILES string of the molecule is C.C.C.C[Si](C)(CCCc1ccc(OC(F)=C(F)F)cc1)O[Si](C)(C)CCCc1ccc(OC(F)=C(F)F)cc1. The average molecular weight is 611 g/mol. The van der Waals surface area contributed by atoms with Gasteiger partial charge in [-0.05, 0) is 99.4 Å². The van der Waals surface area contributed by atoms with Gasteiger partial charge in [-0.25, -0.2) is 0 Å². The van der Waals surface area contributed by atoms with Gasteiger partial charge in [0, 0.05) is 0 Å². The minimum absolute atomic E-state index is 0. The fourth-order valence-corrected chi connectivity index (χ4v) is 12.9. The van der Waals surface area contributed by atoms with Crippen LogP contribution in [0.25, 0.3) is 0 Å². The van der Waals surface area contributed by atoms with Gasteiger partial charge < -0.3 is 13.6 Å². The van der Waals surface area contributed by atoms with Crippen molar-refractivity contribution < 1.29 is 39.9 Å². The number of halogens is 6. The molecule has 0 heterocycles. The Kier molecular flexibility index (Phi) is 17.9. The Morgan fingerprint density at radius 2 is 0.850 bits per heavy atom. The standard InChI is InChI=1S/C26H32F6O3Si2.3CH4/c1-36(2,17-5-7-19-9-13-21(14-10-19)33-25(31)23(27)28)35-37(3,4)18-6-8-20-11-15-22(16-12-20)34-26(32)24(29)30;;;/h9-16H,5-8,17-18H2,1-4H3;3*1H4. The van der Waals surface area contributed by atoms with Gasteiger partial charge in [-0.2, -0.15) is 26.3 Å². The third kappa shape index (κ3) is 14.8. The molecule has 0 fully saturated rings. The fraction of sp³-hybridized carbons (Fsp3) is 0.448. The first-order valence-electron chi connectivity index (χ1n) is 11.9. The second-order valence-corrected chi connectivity index (χ2v) is 18.7. The molecule has 0 amide bonds. The van der Waals surface area contributed by atoms with Crippen LogP contribution in [-0.2, 0) is 17.0 Å². The quantitative estimate of drug-likeness (QED) is 0.121. The molecule has 3 nitrogen and oxygen atoms in total. The average Bonchev–Trinajstić information content (AvgIpc) is 2.80. The van der Waals surface area contributed by atoms with Crippen LogP contribution in [0.2, 0.25) is 38.3 Å². The van der Waals surface area contributed by atoms with Crippen LogP contribution in [0.3, 0.4) is 0 Å². The second kappa shape index (κ2) is 18.0. The van der Waals surface area contributed by atoms with Crippen LogP contribution in [0.1, 0.15) is 46.2 Å². The largest absolute Gasteiger partial charge is 0.455 e. The van der Waals surface area contributed by atoms with Crippen LogP contribution in [0.4, 0.5) is 26.3 Å². The van der Waals surface area contributed by atoms with Gasteiger partial charge in [-0.15, -0.1) is 0 Å². The molecule has 228 valence electrons. The Labute approximate surface area is 238 Å². The molecule has 0 aliphatic rings. The third-order valence-electron chi connectivity index (χ3n) is 5.60. The minimum atomic E-state index is -2.49. The van der Waals surface area contributed by atoms with Gasteiger partial charge in [-0.1, -0.05) is 46.5 Å². The first-order chi connectivity index (χ1) is 17.3. The Balaban J connectivity index is 0. The maximum absolute atomic E-state index is 12.9. The van der Waals surface area contributed by atoms with Crippen LogP contribution >= 0.6 is 0 Å². The Hall–Kier alpha value is -2.51. The number of hydrogen-bond donors (Lipinski definition) is 0. The molecule has 2 aromatic carbocycles. The van der Waals surface area contributed by atoms with Crippen molar-refractivity contribution in [1.29, 1.82) is 0 Å². The lowest BCUT2D eigenvalue weighted by molar-refractivity contribution is 0.241. The summed E-state index contributed by atoms with van der Waals surface area (Å²) in [6, 6.07) is 10.9. The van der Waals surface area contributed by atoms with Crippen LogP contribution in [-0.4, -0.2) is 16.6 Å². The van der Waals surface area contributed by atoms with Crippen molar-refractivity contribution in [3.8, 4) is 11.5 Å². The molecule has 2 rings (SSSR count). The summed E-state index contributed by atoms with van der Waals surface area (Å²) in [5.74, 6) is 0.0321. The van der Waals surface area contributed by atoms with E-state index in [4.69, 9.17) is 4.12 Å². The van der Waals surface area contributed by atoms with E-state index in [1.54, 1.807) is 24.3 Å². The molecule has 0 aliphatic carbocycles. The van der Waals surface area contributed by atoms with Gasteiger partial charge >= 0.3 is 24.2 Å². The molecule has 0 radical (unpaired) electrons. The molecule has 0 saturated heterocycles. The zero-order chi connectivity index (χ0) is 27.6. The van der Waals surface area contributed by atoms with Crippen molar-refractivity contribution in [3.63, 3.8) is 0 Å². The van der Waals surface area contributed by atoms with Crippen LogP contribution < -0.4 is 9.47 Å². The molecule has 0 N–H and O–H groups in total. The molecular formula is C29H44F6O3Si2. The molecule has 0 saturated carbocycles. The van der Waals surface area contributed by atoms with Crippen molar-refractivity contribution in [2.45, 2.75) is 86.2 Å². The van der Waals surface area contributed by atoms with E-state index in [2.05, 4.69) is 35.7 Å². The van der Waals surface area contributed by atoms with E-state index in [9.17, 15) is 26.3 Å². The lowest BCUT2D eigenvalue weighted by atomic mass is 10.1.